The van der Waals surface area contributed by atoms with Gasteiger partial charge in [-0.3, -0.25) is 62.5 Å². The Balaban J connectivity index is 0.000000368. The topological polar surface area (TPSA) is 409 Å². The summed E-state index contributed by atoms with van der Waals surface area (Å²) in [4.78, 5) is 161. The zero-order valence-corrected chi connectivity index (χ0v) is 91.5. The number of carbonyl (C=O) groups excluding carboxylic acids is 10. The summed E-state index contributed by atoms with van der Waals surface area (Å²) in [5.74, 6) is -6.36. The first-order valence-corrected chi connectivity index (χ1v) is 52.2. The van der Waals surface area contributed by atoms with Gasteiger partial charge in [-0.05, 0) is 157 Å². The number of benzodiazepines with no additional fused rings is 2. The fourth-order valence-electron chi connectivity index (χ4n) is 20.2. The molecular weight excluding hydrogens is 1960 g/mol. The number of para-hydroxylation sites is 2. The Hall–Kier alpha value is -10.6. The number of ether oxygens (including phenoxy) is 7. The van der Waals surface area contributed by atoms with E-state index in [9.17, 15) is 62.6 Å². The normalized spacial score (nSPS) is 17.9. The van der Waals surface area contributed by atoms with Crippen molar-refractivity contribution < 1.29 is 125 Å². The first-order chi connectivity index (χ1) is 68.7. The van der Waals surface area contributed by atoms with Gasteiger partial charge < -0.3 is 69.7 Å². The Morgan fingerprint density at radius 2 is 0.788 bits per heavy atom. The minimum atomic E-state index is -1.15. The van der Waals surface area contributed by atoms with Crippen LogP contribution in [0.3, 0.4) is 0 Å². The van der Waals surface area contributed by atoms with E-state index in [0.29, 0.717) is 111 Å². The van der Waals surface area contributed by atoms with Gasteiger partial charge in [-0.25, -0.2) is 4.99 Å². The van der Waals surface area contributed by atoms with E-state index in [2.05, 4.69) is 39.4 Å². The first-order valence-electron chi connectivity index (χ1n) is 50.3. The molecule has 3 amide bonds. The fraction of sp³-hybridized carbons (Fsp3) is 0.526. The zero-order chi connectivity index (χ0) is 106. The molecule has 6 N–H and O–H groups in total. The Bertz CT molecular complexity index is 5260. The molecule has 0 aromatic heterocycles. The van der Waals surface area contributed by atoms with Crippen molar-refractivity contribution in [3.63, 3.8) is 0 Å². The van der Waals surface area contributed by atoms with E-state index in [1.807, 2.05) is 189 Å². The molecule has 5 atom stereocenters. The van der Waals surface area contributed by atoms with E-state index >= 15 is 0 Å². The third kappa shape index (κ3) is 36.4. The number of fused-ring (bicyclic) bond motifs is 2. The number of allylic oxidation sites excluding steroid dienone is 2. The molecule has 146 heavy (non-hydrogen) atoms. The van der Waals surface area contributed by atoms with Crippen molar-refractivity contribution in [2.24, 2.45) is 72.4 Å². The van der Waals surface area contributed by atoms with Crippen LogP contribution < -0.4 is 39.7 Å². The molecule has 32 heteroatoms. The number of aliphatic imine (C=N–C) groups is 2. The molecule has 794 valence electrons. The van der Waals surface area contributed by atoms with Gasteiger partial charge in [0.15, 0.2) is 6.17 Å². The van der Waals surface area contributed by atoms with Crippen LogP contribution in [-0.4, -0.2) is 166 Å². The molecule has 5 fully saturated rings. The molecule has 0 bridgehead atoms. The second-order valence-corrected chi connectivity index (χ2v) is 40.4. The van der Waals surface area contributed by atoms with Crippen LogP contribution in [0.15, 0.2) is 192 Å². The minimum Gasteiger partial charge on any atom is -0.870 e. The van der Waals surface area contributed by atoms with Crippen molar-refractivity contribution in [2.45, 2.75) is 274 Å². The number of likely N-dealkylation sites (N-methyl/N-ethyl adjacent to an activating group) is 2. The van der Waals surface area contributed by atoms with Crippen LogP contribution in [0.5, 0.6) is 0 Å². The number of rotatable bonds is 29. The van der Waals surface area contributed by atoms with Crippen molar-refractivity contribution in [2.75, 3.05) is 64.8 Å². The van der Waals surface area contributed by atoms with Crippen molar-refractivity contribution in [1.29, 1.82) is 0 Å². The molecule has 13 rings (SSSR count). The van der Waals surface area contributed by atoms with Gasteiger partial charge in [-0.2, -0.15) is 0 Å². The molecule has 5 aliphatic carbocycles. The molecule has 28 nitrogen and oxygen atoms in total. The Morgan fingerprint density at radius 1 is 0.459 bits per heavy atom. The van der Waals surface area contributed by atoms with Gasteiger partial charge >= 0.3 is 72.6 Å². The molecule has 7 aliphatic rings. The number of nitrogens with two attached hydrogens (primary N) is 1. The van der Waals surface area contributed by atoms with Gasteiger partial charge in [0.25, 0.3) is 11.8 Å². The molecule has 0 saturated heterocycles. The van der Waals surface area contributed by atoms with E-state index in [1.165, 1.54) is 46.0 Å². The average molecular weight is 2120 g/mol. The van der Waals surface area contributed by atoms with Crippen LogP contribution in [0.2, 0.25) is 10.0 Å². The van der Waals surface area contributed by atoms with Crippen LogP contribution >= 0.6 is 39.1 Å². The number of nitrogens with one attached hydrogen (secondary N) is 1. The second kappa shape index (κ2) is 63.9. The van der Waals surface area contributed by atoms with Gasteiger partial charge in [0.2, 0.25) is 12.1 Å². The number of methoxy groups -OCH3 is 5. The number of aliphatic carboxylic acids is 2. The van der Waals surface area contributed by atoms with Gasteiger partial charge in [-0.1, -0.05) is 316 Å². The number of benzene rings is 6. The maximum atomic E-state index is 14.0. The number of alkyl halides is 1. The number of carbonyl (C=O) groups is 12. The van der Waals surface area contributed by atoms with Crippen molar-refractivity contribution in [3.05, 3.63) is 225 Å². The molecule has 6 aromatic rings. The summed E-state index contributed by atoms with van der Waals surface area (Å²) in [6.45, 7) is 23.9. The predicted octanol–water partition coefficient (Wildman–Crippen LogP) is 19.8. The van der Waals surface area contributed by atoms with E-state index < -0.39 is 69.1 Å². The Kier molecular flexibility index (Phi) is 55.9. The summed E-state index contributed by atoms with van der Waals surface area (Å²) in [6, 6.07) is 48.8. The molecule has 2 aliphatic heterocycles. The standard InChI is InChI=1S/C30H36ClN3O4.C21H28O4.C17H22O4.C16H14ClN3O.C14H24O4.C10H16O4.C4H7Br.C2H6.Li.H2O/c1-19(2)18-23(30(29(37)38-4)16-8-5-9-17-30)27(35)33-26-28(36)34(3)24-11-7-6-10-22(24)25(32-26)20-12-14-21(31)15-13-20;1-16(2)14-18(19(22)25-15-17-10-6-4-7-11-17)21(20(23)24-3)12-8-5-9-13-21;1-20-16(19)17(10-6-3-7-11-17)12-15(18)21-13-14-8-4-2-5-9-14;1-20-13-5-3-2-4-12(13)14(19-15(18)16(20)21)10-6-8-11(17)9-7-10;1-10(2)9-11(12(15)16)14(13(17)18-3)7-5-4-6-8-14;1-14-9(13)10(7-8(11)12)5-3-2-4-6-10;1-4(2)3-5;1-2;;/h6-7,10-15,19,23,26H,5,8-9,16-18H2,1-4H3,(H,33,35);4,6-7,10-11,18H,1,5,8-9,12-15H2,2-3H3;2,4-5,8-9H,3,6-7,10-13H2,1H3;2-9,15H,18H2,1H3;10-11H,4-9H2,1-3H3,(H,15,16);2-7H2,1H3,(H,11,12);1,3H2,2H3;1-2H3;;1H2/q;;;;;;;;+1;/p-1. The van der Waals surface area contributed by atoms with Gasteiger partial charge in [0, 0.05) is 51.7 Å². The van der Waals surface area contributed by atoms with Crippen LogP contribution in [0.1, 0.15) is 281 Å². The van der Waals surface area contributed by atoms with E-state index in [1.54, 1.807) is 43.3 Å². The quantitative estimate of drug-likeness (QED) is 0.0111. The SMILES string of the molecule is C=C(C)CBr.C=C(C)CC(C(=O)OCc1ccccc1)C1(C(=O)OC)CCCCC1.CC.CN1C(=O)C(N)N=C(c2ccc(Cl)cc2)c2ccccc21.COC(=O)C1(C(CC(C)C)C(=O)NC2N=C(c3ccc(Cl)cc3)c3ccccc3N(C)C2=O)CCCCC1.COC(=O)C1(C(CC(C)C)C(=O)O)CCCCC1.COC(=O)C1(CC(=O)O)CCCCC1.COC(=O)C1(CC(=O)OCc2ccccc2)CCCCC1.[Li+].[OH-]. The summed E-state index contributed by atoms with van der Waals surface area (Å²) < 4.78 is 35.7. The summed E-state index contributed by atoms with van der Waals surface area (Å²) >= 11 is 15.3. The number of halogens is 3. The molecule has 2 heterocycles. The number of hydrogen-bond donors (Lipinski definition) is 4. The van der Waals surface area contributed by atoms with E-state index in [0.717, 1.165) is 146 Å². The van der Waals surface area contributed by atoms with E-state index in [-0.39, 0.29) is 122 Å². The fourth-order valence-corrected chi connectivity index (χ4v) is 20.5. The van der Waals surface area contributed by atoms with Gasteiger partial charge in [0.05, 0.1) is 116 Å². The molecule has 5 saturated carbocycles. The first kappa shape index (κ1) is 128. The molecule has 0 radical (unpaired) electrons. The van der Waals surface area contributed by atoms with Crippen molar-refractivity contribution in [1.82, 2.24) is 5.32 Å². The summed E-state index contributed by atoms with van der Waals surface area (Å²) in [5, 5.41) is 23.3. The Morgan fingerprint density at radius 3 is 1.14 bits per heavy atom. The average Bonchev–Trinajstić information content (AvgIpc) is 1.60. The third-order valence-corrected chi connectivity index (χ3v) is 29.1. The molecule has 5 unspecified atom stereocenters. The van der Waals surface area contributed by atoms with Crippen molar-refractivity contribution in [3.8, 4) is 0 Å². The summed E-state index contributed by atoms with van der Waals surface area (Å²) in [5.41, 5.74) is 12.0. The van der Waals surface area contributed by atoms with Crippen LogP contribution in [0, 0.1) is 56.7 Å². The maximum absolute atomic E-state index is 14.0. The second-order valence-electron chi connectivity index (χ2n) is 38.9. The summed E-state index contributed by atoms with van der Waals surface area (Å²) in [6.07, 6.45) is 20.5. The number of anilines is 2. The van der Waals surface area contributed by atoms with Gasteiger partial charge in [0.1, 0.15) is 13.2 Å². The predicted molar refractivity (Wildman–Crippen MR) is 569 cm³/mol. The number of amides is 3. The van der Waals surface area contributed by atoms with E-state index in [4.69, 9.17) is 72.2 Å². The van der Waals surface area contributed by atoms with Gasteiger partial charge in [-0.15, -0.1) is 6.58 Å². The van der Waals surface area contributed by atoms with Crippen LogP contribution in [-0.2, 0) is 104 Å². The van der Waals surface area contributed by atoms with Crippen LogP contribution in [0.25, 0.3) is 0 Å². The summed E-state index contributed by atoms with van der Waals surface area (Å²) in [7, 11) is 10.2. The number of esters is 7. The smallest absolute Gasteiger partial charge is 0.870 e. The monoisotopic (exact) mass is 2110 g/mol. The molecule has 6 aromatic carbocycles. The zero-order valence-electron chi connectivity index (χ0n) is 88.4. The largest absolute Gasteiger partial charge is 1.00 e. The van der Waals surface area contributed by atoms with Crippen LogP contribution in [0.4, 0.5) is 11.4 Å². The number of carboxylic acids is 2. The third-order valence-electron chi connectivity index (χ3n) is 27.6. The number of hydrogen-bond acceptors (Lipinski definition) is 23. The molecular formula is C114H154BrCl2LiN6O22. The maximum Gasteiger partial charge on any atom is 1.00 e. The molecule has 0 spiro atoms. The number of nitrogens with zero attached hydrogens (tertiary/aromatic N) is 4. The minimum absolute atomic E-state index is 0. The Labute approximate surface area is 894 Å². The number of carboxylic acid groups (broad SMARTS) is 2. The van der Waals surface area contributed by atoms with Crippen molar-refractivity contribution >= 4 is 133 Å².